The van der Waals surface area contributed by atoms with E-state index in [0.717, 1.165) is 17.7 Å². The van der Waals surface area contributed by atoms with Crippen molar-refractivity contribution in [3.63, 3.8) is 0 Å². The largest absolute Gasteiger partial charge is 0.505 e. The molecule has 0 saturated heterocycles. The Bertz CT molecular complexity index is 1270. The number of carbonyl (C=O) groups is 2. The second-order valence-electron chi connectivity index (χ2n) is 6.82. The third-order valence-electron chi connectivity index (χ3n) is 5.06. The number of allylic oxidation sites excluding steroid dienone is 2. The maximum absolute atomic E-state index is 12.5. The first-order valence-corrected chi connectivity index (χ1v) is 9.37. The van der Waals surface area contributed by atoms with Crippen LogP contribution in [-0.2, 0) is 6.54 Å². The number of nitrogens with zero attached hydrogens (tertiary/aromatic N) is 2. The number of para-hydroxylation sites is 1. The van der Waals surface area contributed by atoms with Gasteiger partial charge in [-0.05, 0) is 30.4 Å². The Morgan fingerprint density at radius 3 is 2.37 bits per heavy atom. The van der Waals surface area contributed by atoms with E-state index in [1.165, 1.54) is 6.20 Å². The highest BCUT2D eigenvalue weighted by Gasteiger charge is 2.37. The zero-order valence-electron chi connectivity index (χ0n) is 15.3. The van der Waals surface area contributed by atoms with Gasteiger partial charge >= 0.3 is 0 Å². The molecule has 1 aromatic heterocycles. The number of hydrogen-bond donors (Lipinski definition) is 2. The third kappa shape index (κ3) is 2.63. The van der Waals surface area contributed by atoms with E-state index in [0.29, 0.717) is 11.4 Å². The zero-order valence-corrected chi connectivity index (χ0v) is 16.1. The molecule has 0 spiro atoms. The van der Waals surface area contributed by atoms with Crippen LogP contribution in [-0.4, -0.2) is 26.8 Å². The summed E-state index contributed by atoms with van der Waals surface area (Å²) in [5.74, 6) is -1.82. The van der Waals surface area contributed by atoms with Gasteiger partial charge in [-0.15, -0.1) is 0 Å². The van der Waals surface area contributed by atoms with E-state index < -0.39 is 23.1 Å². The smallest absolute Gasteiger partial charge is 0.197 e. The van der Waals surface area contributed by atoms with Gasteiger partial charge in [-0.2, -0.15) is 0 Å². The number of benzene rings is 2. The molecule has 3 aromatic rings. The Morgan fingerprint density at radius 2 is 1.67 bits per heavy atom. The lowest BCUT2D eigenvalue weighted by Gasteiger charge is -2.27. The number of ketones is 2. The van der Waals surface area contributed by atoms with E-state index in [9.17, 15) is 19.8 Å². The van der Waals surface area contributed by atoms with Gasteiger partial charge in [-0.25, -0.2) is 4.98 Å². The van der Waals surface area contributed by atoms with Crippen LogP contribution in [0.5, 0.6) is 23.0 Å². The molecule has 7 nitrogen and oxygen atoms in total. The van der Waals surface area contributed by atoms with Crippen LogP contribution in [0, 0.1) is 0 Å². The second kappa shape index (κ2) is 6.60. The molecule has 5 rings (SSSR count). The van der Waals surface area contributed by atoms with E-state index in [-0.39, 0.29) is 34.3 Å². The van der Waals surface area contributed by atoms with E-state index in [4.69, 9.17) is 16.3 Å². The van der Waals surface area contributed by atoms with Crippen LogP contribution >= 0.6 is 11.6 Å². The maximum atomic E-state index is 12.5. The first-order valence-electron chi connectivity index (χ1n) is 8.99. The van der Waals surface area contributed by atoms with Crippen LogP contribution in [0.3, 0.4) is 0 Å². The molecule has 30 heavy (non-hydrogen) atoms. The number of ether oxygens (including phenoxy) is 1. The maximum Gasteiger partial charge on any atom is 0.197 e. The molecule has 8 heteroatoms. The molecule has 2 heterocycles. The van der Waals surface area contributed by atoms with Crippen LogP contribution in [0.15, 0.2) is 54.7 Å². The van der Waals surface area contributed by atoms with Crippen molar-refractivity contribution in [1.29, 1.82) is 0 Å². The van der Waals surface area contributed by atoms with Gasteiger partial charge in [0.05, 0.1) is 29.6 Å². The van der Waals surface area contributed by atoms with Crippen LogP contribution in [0.2, 0.25) is 5.15 Å². The topological polar surface area (TPSA) is 100.0 Å². The van der Waals surface area contributed by atoms with Gasteiger partial charge in [0.2, 0.25) is 0 Å². The highest BCUT2D eigenvalue weighted by Crippen LogP contribution is 2.55. The molecule has 1 aliphatic carbocycles. The number of aromatic nitrogens is 1. The molecule has 0 saturated carbocycles. The van der Waals surface area contributed by atoms with Crippen molar-refractivity contribution in [3.05, 3.63) is 76.6 Å². The summed E-state index contributed by atoms with van der Waals surface area (Å²) in [5, 5.41) is 22.3. The first-order chi connectivity index (χ1) is 14.5. The molecule has 2 aromatic carbocycles. The fourth-order valence-electron chi connectivity index (χ4n) is 3.67. The molecular formula is C22H13ClN2O5. The van der Waals surface area contributed by atoms with Crippen LogP contribution in [0.25, 0.3) is 0 Å². The summed E-state index contributed by atoms with van der Waals surface area (Å²) in [6, 6.07) is 10.4. The monoisotopic (exact) mass is 420 g/mol. The number of hydrogen-bond acceptors (Lipinski definition) is 7. The number of carbonyl (C=O) groups excluding carboxylic acids is 2. The Hall–Kier alpha value is -3.84. The van der Waals surface area contributed by atoms with E-state index in [1.54, 1.807) is 29.2 Å². The van der Waals surface area contributed by atoms with Crippen molar-refractivity contribution in [1.82, 2.24) is 4.98 Å². The molecule has 2 N–H and O–H groups in total. The molecule has 0 bridgehead atoms. The van der Waals surface area contributed by atoms with Crippen molar-refractivity contribution in [2.45, 2.75) is 6.54 Å². The summed E-state index contributed by atoms with van der Waals surface area (Å²) >= 11 is 5.92. The lowest BCUT2D eigenvalue weighted by Crippen LogP contribution is -2.19. The van der Waals surface area contributed by atoms with Crippen molar-refractivity contribution in [2.75, 3.05) is 4.90 Å². The molecule has 0 amide bonds. The molecule has 0 atom stereocenters. The number of phenolic OH excluding ortho intramolecular Hbond substituents is 2. The van der Waals surface area contributed by atoms with E-state index in [1.807, 2.05) is 12.1 Å². The van der Waals surface area contributed by atoms with Gasteiger partial charge in [0.25, 0.3) is 0 Å². The summed E-state index contributed by atoms with van der Waals surface area (Å²) < 4.78 is 5.95. The van der Waals surface area contributed by atoms with Crippen molar-refractivity contribution < 1.29 is 24.5 Å². The summed E-state index contributed by atoms with van der Waals surface area (Å²) in [7, 11) is 0. The van der Waals surface area contributed by atoms with Crippen LogP contribution in [0.4, 0.5) is 11.4 Å². The lowest BCUT2D eigenvalue weighted by atomic mass is 9.91. The molecule has 148 valence electrons. The van der Waals surface area contributed by atoms with Crippen molar-refractivity contribution in [2.24, 2.45) is 0 Å². The fraction of sp³-hybridized carbons (Fsp3) is 0.0455. The fourth-order valence-corrected chi connectivity index (χ4v) is 3.79. The third-order valence-corrected chi connectivity index (χ3v) is 5.29. The Labute approximate surface area is 175 Å². The van der Waals surface area contributed by atoms with Crippen molar-refractivity contribution in [3.8, 4) is 23.0 Å². The molecule has 0 fully saturated rings. The van der Waals surface area contributed by atoms with Crippen molar-refractivity contribution >= 4 is 34.5 Å². The number of fused-ring (bicyclic) bond motifs is 3. The summed E-state index contributed by atoms with van der Waals surface area (Å²) in [6.45, 7) is 0.246. The number of pyridine rings is 1. The van der Waals surface area contributed by atoms with Gasteiger partial charge in [-0.3, -0.25) is 9.59 Å². The summed E-state index contributed by atoms with van der Waals surface area (Å²) in [6.07, 6.45) is 3.63. The zero-order chi connectivity index (χ0) is 21.0. The van der Waals surface area contributed by atoms with Gasteiger partial charge in [-0.1, -0.05) is 29.8 Å². The normalized spacial score (nSPS) is 14.5. The number of anilines is 2. The Balaban J connectivity index is 1.85. The number of phenols is 2. The number of halogens is 1. The first kappa shape index (κ1) is 18.2. The van der Waals surface area contributed by atoms with Gasteiger partial charge in [0.15, 0.2) is 28.8 Å². The van der Waals surface area contributed by atoms with Gasteiger partial charge < -0.3 is 19.8 Å². The summed E-state index contributed by atoms with van der Waals surface area (Å²) in [5.41, 5.74) is 0.812. The standard InChI is InChI=1S/C22H13ClN2O5/c23-16-8-5-12(9-24-16)25-10-11-3-1-2-4-15(11)30-22-19(25)20(28)17-13(26)6-7-14(27)18(17)21(22)29/h1-9,28-29H,10H2. The highest BCUT2D eigenvalue weighted by molar-refractivity contribution is 6.29. The molecule has 0 radical (unpaired) electrons. The summed E-state index contributed by atoms with van der Waals surface area (Å²) in [4.78, 5) is 30.6. The van der Waals surface area contributed by atoms with Gasteiger partial charge in [0, 0.05) is 5.56 Å². The minimum atomic E-state index is -0.596. The minimum absolute atomic E-state index is 0.0584. The average molecular weight is 421 g/mol. The lowest BCUT2D eigenvalue weighted by molar-refractivity contribution is 0.0989. The minimum Gasteiger partial charge on any atom is -0.505 e. The molecule has 1 aliphatic heterocycles. The predicted octanol–water partition coefficient (Wildman–Crippen LogP) is 4.53. The SMILES string of the molecule is O=C1C=CC(=O)c2c(O)c3c(c(O)c21)Oc1ccccc1CN3c1ccc(Cl)nc1. The van der Waals surface area contributed by atoms with Crippen LogP contribution < -0.4 is 9.64 Å². The molecule has 2 aliphatic rings. The van der Waals surface area contributed by atoms with E-state index in [2.05, 4.69) is 4.98 Å². The number of aromatic hydroxyl groups is 2. The Morgan fingerprint density at radius 1 is 0.967 bits per heavy atom. The predicted molar refractivity (Wildman–Crippen MR) is 109 cm³/mol. The van der Waals surface area contributed by atoms with Crippen LogP contribution in [0.1, 0.15) is 26.3 Å². The Kier molecular flexibility index (Phi) is 4.01. The van der Waals surface area contributed by atoms with E-state index >= 15 is 0 Å². The quantitative estimate of drug-likeness (QED) is 0.440. The van der Waals surface area contributed by atoms with Gasteiger partial charge in [0.1, 0.15) is 16.6 Å². The molecular weight excluding hydrogens is 408 g/mol. The average Bonchev–Trinajstić information content (AvgIpc) is 2.91. The highest BCUT2D eigenvalue weighted by atomic mass is 35.5. The molecule has 0 unspecified atom stereocenters. The second-order valence-corrected chi connectivity index (χ2v) is 7.21. The number of rotatable bonds is 1.